The molecule has 0 amide bonds. The van der Waals surface area contributed by atoms with Crippen LogP contribution < -0.4 is 0 Å². The lowest BCUT2D eigenvalue weighted by atomic mass is 10.00. The zero-order valence-electron chi connectivity index (χ0n) is 48.7. The van der Waals surface area contributed by atoms with E-state index in [1.165, 1.54) is 54.4 Å². The van der Waals surface area contributed by atoms with Crippen LogP contribution in [0.4, 0.5) is 0 Å². The molecule has 7 nitrogen and oxygen atoms in total. The molecule has 14 aromatic carbocycles. The van der Waals surface area contributed by atoms with E-state index in [9.17, 15) is 0 Å². The summed E-state index contributed by atoms with van der Waals surface area (Å²) in [7, 11) is 0. The fourth-order valence-corrected chi connectivity index (χ4v) is 15.6. The van der Waals surface area contributed by atoms with Gasteiger partial charge in [-0.25, -0.2) is 0 Å². The van der Waals surface area contributed by atoms with Crippen LogP contribution >= 0.6 is 0 Å². The Bertz CT molecular complexity index is 6620. The van der Waals surface area contributed by atoms with Crippen LogP contribution in [-0.4, -0.2) is 18.3 Å². The van der Waals surface area contributed by atoms with Gasteiger partial charge in [0.15, 0.2) is 5.58 Å². The van der Waals surface area contributed by atoms with Crippen LogP contribution in [0.5, 0.6) is 0 Å². The zero-order chi connectivity index (χ0) is 59.2. The Balaban J connectivity index is 0.659. The van der Waals surface area contributed by atoms with Gasteiger partial charge in [0.05, 0.1) is 49.8 Å². The standard InChI is InChI=1S/C84H48N4O3/c1-7-27-70-56(16-1)57-17-2-8-28-71(57)85(70)51-36-41-79-67(46-51)62-24-13-22-54(82(62)89-79)49-34-39-76-65(44-49)60-20-5-11-31-74(60)87(76)53-38-43-81-69(48-53)64-26-15-33-78(84(64)91-81)88-75-32-12-6-21-61(75)66-45-50(35-40-77(66)88)55-23-14-25-63-68-47-52(37-42-80(68)90-83(55)63)86-72-29-9-3-18-58(72)59-19-4-10-30-73(59)86/h1-48H. The summed E-state index contributed by atoms with van der Waals surface area (Å²) < 4.78 is 30.2. The Morgan fingerprint density at radius 1 is 0.187 bits per heavy atom. The van der Waals surface area contributed by atoms with E-state index in [1.807, 2.05) is 0 Å². The molecule has 21 rings (SSSR count). The van der Waals surface area contributed by atoms with Crippen molar-refractivity contribution >= 4 is 153 Å². The zero-order valence-corrected chi connectivity index (χ0v) is 48.7. The SMILES string of the molecule is c1cc(-c2ccc3c(c2)c2ccccc2n3-c2ccc3oc4c(-n5c6ccccc6c6cc(-c7cccc8c7oc7ccc(-n9c%10ccccc%10c%10ccccc%109)cc78)ccc65)cccc4c3c2)c2oc3ccc(-n4c5ccccc5c5ccccc54)cc3c2c1. The van der Waals surface area contributed by atoms with Gasteiger partial charge in [0.1, 0.15) is 27.9 Å². The number of aromatic nitrogens is 4. The first-order valence-corrected chi connectivity index (χ1v) is 31.0. The first-order chi connectivity index (χ1) is 45.1. The first kappa shape index (κ1) is 48.8. The van der Waals surface area contributed by atoms with Crippen LogP contribution in [0.1, 0.15) is 0 Å². The fourth-order valence-electron chi connectivity index (χ4n) is 15.6. The van der Waals surface area contributed by atoms with Crippen LogP contribution in [0.15, 0.2) is 304 Å². The largest absolute Gasteiger partial charge is 0.455 e. The van der Waals surface area contributed by atoms with E-state index in [0.29, 0.717) is 0 Å². The lowest BCUT2D eigenvalue weighted by Crippen LogP contribution is -1.94. The summed E-state index contributed by atoms with van der Waals surface area (Å²) in [4.78, 5) is 0. The minimum absolute atomic E-state index is 0.833. The van der Waals surface area contributed by atoms with Gasteiger partial charge in [-0.1, -0.05) is 170 Å². The molecule has 0 aliphatic rings. The van der Waals surface area contributed by atoms with Gasteiger partial charge in [-0.15, -0.1) is 0 Å². The van der Waals surface area contributed by atoms with Crippen LogP contribution in [0.25, 0.3) is 198 Å². The van der Waals surface area contributed by atoms with Gasteiger partial charge in [-0.2, -0.15) is 0 Å². The molecular formula is C84H48N4O3. The van der Waals surface area contributed by atoms with Gasteiger partial charge in [0.2, 0.25) is 0 Å². The van der Waals surface area contributed by atoms with Crippen molar-refractivity contribution < 1.29 is 13.3 Å². The lowest BCUT2D eigenvalue weighted by molar-refractivity contribution is 0.666. The van der Waals surface area contributed by atoms with Gasteiger partial charge in [0.25, 0.3) is 0 Å². The molecule has 21 aromatic rings. The van der Waals surface area contributed by atoms with Crippen molar-refractivity contribution in [1.82, 2.24) is 18.3 Å². The van der Waals surface area contributed by atoms with Crippen LogP contribution in [0, 0.1) is 0 Å². The summed E-state index contributed by atoms with van der Waals surface area (Å²) in [5, 5.41) is 16.1. The summed E-state index contributed by atoms with van der Waals surface area (Å²) in [5.41, 5.74) is 22.9. The van der Waals surface area contributed by atoms with E-state index in [2.05, 4.69) is 309 Å². The second-order valence-electron chi connectivity index (χ2n) is 24.3. The normalized spacial score (nSPS) is 12.4. The smallest absolute Gasteiger partial charge is 0.159 e. The summed E-state index contributed by atoms with van der Waals surface area (Å²) in [6.07, 6.45) is 0. The monoisotopic (exact) mass is 1160 g/mol. The highest BCUT2D eigenvalue weighted by atomic mass is 16.3. The number of rotatable bonds is 6. The topological polar surface area (TPSA) is 59.1 Å². The predicted molar refractivity (Wildman–Crippen MR) is 377 cm³/mol. The number of para-hydroxylation sites is 9. The molecule has 91 heavy (non-hydrogen) atoms. The number of nitrogens with zero attached hydrogens (tertiary/aromatic N) is 4. The molecule has 0 unspecified atom stereocenters. The van der Waals surface area contributed by atoms with Crippen molar-refractivity contribution in [3.8, 4) is 45.0 Å². The molecular weight excluding hydrogens is 1110 g/mol. The third-order valence-electron chi connectivity index (χ3n) is 19.6. The Morgan fingerprint density at radius 2 is 0.484 bits per heavy atom. The molecule has 0 atom stereocenters. The number of benzene rings is 14. The van der Waals surface area contributed by atoms with E-state index in [1.54, 1.807) is 0 Å². The highest BCUT2D eigenvalue weighted by Crippen LogP contribution is 2.46. The summed E-state index contributed by atoms with van der Waals surface area (Å²) in [6.45, 7) is 0. The molecule has 7 aromatic heterocycles. The van der Waals surface area contributed by atoms with Crippen molar-refractivity contribution in [3.63, 3.8) is 0 Å². The molecule has 7 heterocycles. The van der Waals surface area contributed by atoms with Gasteiger partial charge in [-0.05, 0) is 132 Å². The molecule has 7 heteroatoms. The van der Waals surface area contributed by atoms with Crippen LogP contribution in [0.3, 0.4) is 0 Å². The van der Waals surface area contributed by atoms with Gasteiger partial charge < -0.3 is 31.5 Å². The highest BCUT2D eigenvalue weighted by Gasteiger charge is 2.24. The molecule has 0 N–H and O–H groups in total. The van der Waals surface area contributed by atoms with Crippen molar-refractivity contribution in [2.24, 2.45) is 0 Å². The molecule has 0 aliphatic heterocycles. The molecule has 0 saturated heterocycles. The van der Waals surface area contributed by atoms with E-state index < -0.39 is 0 Å². The number of furan rings is 3. The Kier molecular flexibility index (Phi) is 9.72. The minimum atomic E-state index is 0.833. The molecule has 0 saturated carbocycles. The highest BCUT2D eigenvalue weighted by molar-refractivity contribution is 6.19. The Labute approximate surface area is 517 Å². The molecule has 0 bridgehead atoms. The molecule has 0 spiro atoms. The number of fused-ring (bicyclic) bond motifs is 21. The second kappa shape index (κ2) is 18.1. The maximum absolute atomic E-state index is 7.02. The third kappa shape index (κ3) is 6.75. The first-order valence-electron chi connectivity index (χ1n) is 31.0. The summed E-state index contributed by atoms with van der Waals surface area (Å²) in [6, 6.07) is 105. The maximum Gasteiger partial charge on any atom is 0.159 e. The van der Waals surface area contributed by atoms with Crippen LogP contribution in [0.2, 0.25) is 0 Å². The fraction of sp³-hybridized carbons (Fsp3) is 0. The average Bonchev–Trinajstić information content (AvgIpc) is 1.79. The quantitative estimate of drug-likeness (QED) is 0.167. The lowest BCUT2D eigenvalue weighted by Gasteiger charge is -2.09. The van der Waals surface area contributed by atoms with Crippen LogP contribution in [-0.2, 0) is 0 Å². The minimum Gasteiger partial charge on any atom is -0.455 e. The average molecular weight is 1160 g/mol. The summed E-state index contributed by atoms with van der Waals surface area (Å²) >= 11 is 0. The van der Waals surface area contributed by atoms with E-state index in [0.717, 1.165) is 144 Å². The third-order valence-corrected chi connectivity index (χ3v) is 19.6. The van der Waals surface area contributed by atoms with Gasteiger partial charge in [0, 0.05) is 104 Å². The molecule has 0 fully saturated rings. The van der Waals surface area contributed by atoms with E-state index >= 15 is 0 Å². The van der Waals surface area contributed by atoms with E-state index in [-0.39, 0.29) is 0 Å². The van der Waals surface area contributed by atoms with Crippen molar-refractivity contribution in [1.29, 1.82) is 0 Å². The summed E-state index contributed by atoms with van der Waals surface area (Å²) in [5.74, 6) is 0. The Hall–Kier alpha value is -12.3. The van der Waals surface area contributed by atoms with Crippen molar-refractivity contribution in [3.05, 3.63) is 291 Å². The van der Waals surface area contributed by atoms with Gasteiger partial charge in [-0.3, -0.25) is 0 Å². The second-order valence-corrected chi connectivity index (χ2v) is 24.3. The molecule has 0 radical (unpaired) electrons. The Morgan fingerprint density at radius 3 is 0.879 bits per heavy atom. The number of hydrogen-bond donors (Lipinski definition) is 0. The molecule has 0 aliphatic carbocycles. The van der Waals surface area contributed by atoms with E-state index in [4.69, 9.17) is 13.3 Å². The van der Waals surface area contributed by atoms with Crippen molar-refractivity contribution in [2.45, 2.75) is 0 Å². The molecule has 422 valence electrons. The van der Waals surface area contributed by atoms with Gasteiger partial charge >= 0.3 is 0 Å². The predicted octanol–water partition coefficient (Wildman–Crippen LogP) is 23.1. The number of hydrogen-bond acceptors (Lipinski definition) is 3. The van der Waals surface area contributed by atoms with Crippen molar-refractivity contribution in [2.75, 3.05) is 0 Å². The maximum atomic E-state index is 7.02.